The third-order valence-electron chi connectivity index (χ3n) is 2.44. The second-order valence-electron chi connectivity index (χ2n) is 6.56. The van der Waals surface area contributed by atoms with E-state index in [2.05, 4.69) is 62.2 Å². The lowest BCUT2D eigenvalue weighted by Crippen LogP contribution is -2.29. The summed E-state index contributed by atoms with van der Waals surface area (Å²) in [5.74, 6) is 0.687. The average molecular weight is 269 g/mol. The molecular formula is C14H27N3S. The molecule has 0 atom stereocenters. The monoisotopic (exact) mass is 269 g/mol. The molecule has 1 aromatic heterocycles. The molecule has 0 saturated carbocycles. The summed E-state index contributed by atoms with van der Waals surface area (Å²) in [5, 5.41) is 6.70. The lowest BCUT2D eigenvalue weighted by molar-refractivity contribution is 0.418. The van der Waals surface area contributed by atoms with Crippen LogP contribution in [-0.2, 0) is 6.54 Å². The van der Waals surface area contributed by atoms with E-state index in [9.17, 15) is 0 Å². The van der Waals surface area contributed by atoms with Crippen LogP contribution in [0.3, 0.4) is 0 Å². The highest BCUT2D eigenvalue weighted by molar-refractivity contribution is 7.13. The highest BCUT2D eigenvalue weighted by Gasteiger charge is 2.16. The lowest BCUT2D eigenvalue weighted by atomic mass is 9.96. The zero-order valence-corrected chi connectivity index (χ0v) is 13.4. The van der Waals surface area contributed by atoms with E-state index in [0.29, 0.717) is 11.3 Å². The predicted molar refractivity (Wildman–Crippen MR) is 81.4 cm³/mol. The normalized spacial score (nSPS) is 12.2. The molecule has 4 heteroatoms. The van der Waals surface area contributed by atoms with Gasteiger partial charge in [-0.1, -0.05) is 34.6 Å². The van der Waals surface area contributed by atoms with Crippen molar-refractivity contribution in [3.05, 3.63) is 11.1 Å². The van der Waals surface area contributed by atoms with Crippen molar-refractivity contribution in [1.82, 2.24) is 10.3 Å². The first-order valence-electron chi connectivity index (χ1n) is 6.64. The van der Waals surface area contributed by atoms with Crippen LogP contribution in [0.25, 0.3) is 0 Å². The molecule has 0 fully saturated rings. The number of thiazole rings is 1. The first-order valence-corrected chi connectivity index (χ1v) is 7.52. The van der Waals surface area contributed by atoms with Gasteiger partial charge >= 0.3 is 0 Å². The Kier molecular flexibility index (Phi) is 5.60. The molecule has 1 rings (SSSR count). The molecule has 1 heterocycles. The van der Waals surface area contributed by atoms with E-state index in [1.807, 2.05) is 0 Å². The third kappa shape index (κ3) is 5.83. The number of nitrogens with one attached hydrogen (secondary N) is 1. The van der Waals surface area contributed by atoms with Crippen LogP contribution < -0.4 is 10.2 Å². The zero-order chi connectivity index (χ0) is 13.8. The molecule has 0 amide bonds. The molecule has 1 N–H and O–H groups in total. The Morgan fingerprint density at radius 3 is 2.61 bits per heavy atom. The van der Waals surface area contributed by atoms with Gasteiger partial charge < -0.3 is 10.2 Å². The summed E-state index contributed by atoms with van der Waals surface area (Å²) in [6.45, 7) is 14.1. The first-order chi connectivity index (χ1) is 8.28. The molecule has 0 saturated heterocycles. The van der Waals surface area contributed by atoms with Gasteiger partial charge in [-0.25, -0.2) is 4.98 Å². The van der Waals surface area contributed by atoms with Crippen molar-refractivity contribution >= 4 is 16.5 Å². The van der Waals surface area contributed by atoms with Crippen molar-refractivity contribution < 1.29 is 0 Å². The second-order valence-corrected chi connectivity index (χ2v) is 7.40. The molecule has 3 nitrogen and oxygen atoms in total. The zero-order valence-electron chi connectivity index (χ0n) is 12.6. The fourth-order valence-corrected chi connectivity index (χ4v) is 2.61. The van der Waals surface area contributed by atoms with E-state index in [0.717, 1.165) is 30.5 Å². The van der Waals surface area contributed by atoms with Gasteiger partial charge in [0.15, 0.2) is 5.13 Å². The maximum absolute atomic E-state index is 4.67. The fourth-order valence-electron chi connectivity index (χ4n) is 1.82. The first kappa shape index (κ1) is 15.4. The molecule has 1 aromatic rings. The van der Waals surface area contributed by atoms with Crippen molar-refractivity contribution in [2.45, 2.75) is 41.2 Å². The summed E-state index contributed by atoms with van der Waals surface area (Å²) in [4.78, 5) is 6.92. The number of hydrogen-bond donors (Lipinski definition) is 1. The van der Waals surface area contributed by atoms with Gasteiger partial charge in [0.1, 0.15) is 0 Å². The van der Waals surface area contributed by atoms with Gasteiger partial charge in [-0.3, -0.25) is 0 Å². The van der Waals surface area contributed by atoms with E-state index in [1.165, 1.54) is 0 Å². The molecule has 0 aliphatic heterocycles. The summed E-state index contributed by atoms with van der Waals surface area (Å²) in [5.41, 5.74) is 1.45. The van der Waals surface area contributed by atoms with Crippen LogP contribution in [0.15, 0.2) is 5.38 Å². The van der Waals surface area contributed by atoms with Crippen LogP contribution in [0.2, 0.25) is 0 Å². The largest absolute Gasteiger partial charge is 0.351 e. The minimum Gasteiger partial charge on any atom is -0.351 e. The van der Waals surface area contributed by atoms with Crippen LogP contribution in [-0.4, -0.2) is 25.1 Å². The lowest BCUT2D eigenvalue weighted by Gasteiger charge is -2.26. The van der Waals surface area contributed by atoms with Crippen LogP contribution in [0.4, 0.5) is 5.13 Å². The van der Waals surface area contributed by atoms with Crippen molar-refractivity contribution in [1.29, 1.82) is 0 Å². The molecule has 0 aliphatic carbocycles. The average Bonchev–Trinajstić information content (AvgIpc) is 2.63. The summed E-state index contributed by atoms with van der Waals surface area (Å²) in [6, 6.07) is 0. The molecule has 0 bridgehead atoms. The van der Waals surface area contributed by atoms with Gasteiger partial charge in [-0.2, -0.15) is 0 Å². The van der Waals surface area contributed by atoms with E-state index >= 15 is 0 Å². The molecule has 0 spiro atoms. The molecule has 0 aromatic carbocycles. The van der Waals surface area contributed by atoms with Gasteiger partial charge in [-0.15, -0.1) is 11.3 Å². The SMILES string of the molecule is CC(C)CNCc1csc(N(C)CC(C)(C)C)n1. The van der Waals surface area contributed by atoms with Gasteiger partial charge in [0.25, 0.3) is 0 Å². The van der Waals surface area contributed by atoms with Crippen LogP contribution >= 0.6 is 11.3 Å². The molecular weight excluding hydrogens is 242 g/mol. The summed E-state index contributed by atoms with van der Waals surface area (Å²) >= 11 is 1.73. The Bertz CT molecular complexity index is 352. The standard InChI is InChI=1S/C14H27N3S/c1-11(2)7-15-8-12-9-18-13(16-12)17(6)10-14(3,4)5/h9,11,15H,7-8,10H2,1-6H3. The molecule has 0 radical (unpaired) electrons. The van der Waals surface area contributed by atoms with Gasteiger partial charge in [0.2, 0.25) is 0 Å². The summed E-state index contributed by atoms with van der Waals surface area (Å²) in [7, 11) is 2.12. The predicted octanol–water partition coefficient (Wildman–Crippen LogP) is 3.37. The highest BCUT2D eigenvalue weighted by Crippen LogP contribution is 2.23. The second kappa shape index (κ2) is 6.53. The summed E-state index contributed by atoms with van der Waals surface area (Å²) in [6.07, 6.45) is 0. The Labute approximate surface area is 116 Å². The Morgan fingerprint density at radius 1 is 1.39 bits per heavy atom. The Hall–Kier alpha value is -0.610. The van der Waals surface area contributed by atoms with E-state index in [-0.39, 0.29) is 0 Å². The van der Waals surface area contributed by atoms with Crippen molar-refractivity contribution in [2.75, 3.05) is 25.0 Å². The van der Waals surface area contributed by atoms with Crippen LogP contribution in [0, 0.1) is 11.3 Å². The Balaban J connectivity index is 2.47. The van der Waals surface area contributed by atoms with Crippen molar-refractivity contribution in [3.63, 3.8) is 0 Å². The van der Waals surface area contributed by atoms with Crippen LogP contribution in [0.1, 0.15) is 40.3 Å². The highest BCUT2D eigenvalue weighted by atomic mass is 32.1. The van der Waals surface area contributed by atoms with Crippen LogP contribution in [0.5, 0.6) is 0 Å². The molecule has 104 valence electrons. The topological polar surface area (TPSA) is 28.2 Å². The molecule has 0 unspecified atom stereocenters. The molecule has 0 aliphatic rings. The fraction of sp³-hybridized carbons (Fsp3) is 0.786. The number of rotatable bonds is 6. The minimum atomic E-state index is 0.302. The maximum Gasteiger partial charge on any atom is 0.185 e. The number of anilines is 1. The number of aromatic nitrogens is 1. The Morgan fingerprint density at radius 2 is 2.06 bits per heavy atom. The smallest absolute Gasteiger partial charge is 0.185 e. The van der Waals surface area contributed by atoms with Gasteiger partial charge in [0.05, 0.1) is 5.69 Å². The quantitative estimate of drug-likeness (QED) is 0.858. The molecule has 18 heavy (non-hydrogen) atoms. The van der Waals surface area contributed by atoms with E-state index < -0.39 is 0 Å². The third-order valence-corrected chi connectivity index (χ3v) is 3.44. The van der Waals surface area contributed by atoms with Gasteiger partial charge in [0, 0.05) is 25.5 Å². The summed E-state index contributed by atoms with van der Waals surface area (Å²) < 4.78 is 0. The van der Waals surface area contributed by atoms with E-state index in [4.69, 9.17) is 0 Å². The minimum absolute atomic E-state index is 0.302. The van der Waals surface area contributed by atoms with Gasteiger partial charge in [-0.05, 0) is 17.9 Å². The number of hydrogen-bond acceptors (Lipinski definition) is 4. The van der Waals surface area contributed by atoms with Crippen molar-refractivity contribution in [2.24, 2.45) is 11.3 Å². The number of nitrogens with zero attached hydrogens (tertiary/aromatic N) is 2. The van der Waals surface area contributed by atoms with E-state index in [1.54, 1.807) is 11.3 Å². The maximum atomic E-state index is 4.67. The van der Waals surface area contributed by atoms with Crippen molar-refractivity contribution in [3.8, 4) is 0 Å².